The van der Waals surface area contributed by atoms with Gasteiger partial charge in [0, 0.05) is 49.4 Å². The van der Waals surface area contributed by atoms with Gasteiger partial charge in [0.1, 0.15) is 5.82 Å². The Morgan fingerprint density at radius 1 is 0.973 bits per heavy atom. The van der Waals surface area contributed by atoms with Gasteiger partial charge in [-0.05, 0) is 49.2 Å². The minimum Gasteiger partial charge on any atom is -0.459 e. The van der Waals surface area contributed by atoms with E-state index >= 15 is 0 Å². The molecular weight excluding hydrogens is 466 g/mol. The number of carbonyl (C=O) groups is 2. The Kier molecular flexibility index (Phi) is 6.10. The van der Waals surface area contributed by atoms with Crippen LogP contribution in [0.25, 0.3) is 10.9 Å². The number of aromatic nitrogens is 1. The lowest BCUT2D eigenvalue weighted by Crippen LogP contribution is -2.50. The summed E-state index contributed by atoms with van der Waals surface area (Å²) in [6, 6.07) is 19.8. The van der Waals surface area contributed by atoms with Crippen LogP contribution in [0.3, 0.4) is 0 Å². The molecule has 2 aromatic carbocycles. The van der Waals surface area contributed by atoms with E-state index in [1.165, 1.54) is 6.26 Å². The fraction of sp³-hybridized carbons (Fsp3) is 0.276. The second-order valence-electron chi connectivity index (χ2n) is 9.64. The Morgan fingerprint density at radius 3 is 2.54 bits per heavy atom. The Hall–Kier alpha value is -4.17. The van der Waals surface area contributed by atoms with Gasteiger partial charge in [0.05, 0.1) is 24.0 Å². The van der Waals surface area contributed by atoms with Gasteiger partial charge in [-0.25, -0.2) is 4.98 Å². The summed E-state index contributed by atoms with van der Waals surface area (Å²) in [7, 11) is 0. The number of hydrogen-bond donors (Lipinski definition) is 1. The minimum atomic E-state index is -0.105. The Balaban J connectivity index is 1.20. The van der Waals surface area contributed by atoms with Gasteiger partial charge >= 0.3 is 0 Å². The molecule has 1 N–H and O–H groups in total. The molecule has 4 aromatic rings. The van der Waals surface area contributed by atoms with E-state index < -0.39 is 0 Å². The van der Waals surface area contributed by atoms with Crippen LogP contribution < -0.4 is 10.2 Å². The lowest BCUT2D eigenvalue weighted by molar-refractivity contribution is -0.117. The summed E-state index contributed by atoms with van der Waals surface area (Å²) in [5.41, 5.74) is 5.03. The normalized spacial score (nSPS) is 15.7. The SMILES string of the molecule is Cc1ccc2c(NC(=O)CN3CCN(C(=O)c4ccco4)CC3)c3c(nc2c1)N(c1ccccc1)CC3. The van der Waals surface area contributed by atoms with Gasteiger partial charge in [-0.2, -0.15) is 0 Å². The fourth-order valence-electron chi connectivity index (χ4n) is 5.24. The Morgan fingerprint density at radius 2 is 1.78 bits per heavy atom. The number of amides is 2. The Labute approximate surface area is 215 Å². The molecular formula is C29H29N5O3. The lowest BCUT2D eigenvalue weighted by atomic mass is 10.1. The monoisotopic (exact) mass is 495 g/mol. The van der Waals surface area contributed by atoms with E-state index in [4.69, 9.17) is 9.40 Å². The van der Waals surface area contributed by atoms with Crippen LogP contribution in [0, 0.1) is 6.92 Å². The number of fused-ring (bicyclic) bond motifs is 2. The van der Waals surface area contributed by atoms with Crippen LogP contribution >= 0.6 is 0 Å². The molecule has 37 heavy (non-hydrogen) atoms. The van der Waals surface area contributed by atoms with Crippen molar-refractivity contribution in [2.45, 2.75) is 13.3 Å². The largest absolute Gasteiger partial charge is 0.459 e. The van der Waals surface area contributed by atoms with Crippen LogP contribution in [0.2, 0.25) is 0 Å². The third-order valence-corrected chi connectivity index (χ3v) is 7.15. The predicted octanol–water partition coefficient (Wildman–Crippen LogP) is 4.23. The molecule has 4 heterocycles. The summed E-state index contributed by atoms with van der Waals surface area (Å²) in [6.07, 6.45) is 2.32. The number of pyridine rings is 1. The van der Waals surface area contributed by atoms with Gasteiger partial charge in [0.25, 0.3) is 5.91 Å². The number of rotatable bonds is 5. The number of piperazine rings is 1. The standard InChI is InChI=1S/C29H29N5O3/c1-20-9-10-22-24(18-20)30-28-23(11-12-34(28)21-6-3-2-4-7-21)27(22)31-26(35)19-32-13-15-33(16-14-32)29(36)25-8-5-17-37-25/h2-10,17-18H,11-16,19H2,1H3,(H,30,31,35). The number of furan rings is 1. The van der Waals surface area contributed by atoms with Crippen LogP contribution in [0.15, 0.2) is 71.3 Å². The molecule has 0 radical (unpaired) electrons. The highest BCUT2D eigenvalue weighted by Crippen LogP contribution is 2.40. The first-order valence-electron chi connectivity index (χ1n) is 12.7. The highest BCUT2D eigenvalue weighted by atomic mass is 16.3. The Bertz CT molecular complexity index is 1440. The summed E-state index contributed by atoms with van der Waals surface area (Å²) < 4.78 is 5.24. The highest BCUT2D eigenvalue weighted by Gasteiger charge is 2.29. The molecule has 8 nitrogen and oxygen atoms in total. The molecule has 0 spiro atoms. The number of benzene rings is 2. The molecule has 2 amide bonds. The van der Waals surface area contributed by atoms with Crippen LogP contribution in [-0.2, 0) is 11.2 Å². The van der Waals surface area contributed by atoms with E-state index in [1.54, 1.807) is 17.0 Å². The quantitative estimate of drug-likeness (QED) is 0.446. The average Bonchev–Trinajstić information content (AvgIpc) is 3.60. The molecule has 8 heteroatoms. The molecule has 2 aliphatic rings. The maximum absolute atomic E-state index is 13.3. The van der Waals surface area contributed by atoms with Gasteiger partial charge in [0.15, 0.2) is 5.76 Å². The number of nitrogens with one attached hydrogen (secondary N) is 1. The number of carbonyl (C=O) groups excluding carboxylic acids is 2. The molecule has 0 atom stereocenters. The molecule has 1 fully saturated rings. The molecule has 0 saturated carbocycles. The second kappa shape index (κ2) is 9.71. The summed E-state index contributed by atoms with van der Waals surface area (Å²) in [5, 5.41) is 4.20. The topological polar surface area (TPSA) is 81.9 Å². The van der Waals surface area contributed by atoms with Gasteiger partial charge in [-0.3, -0.25) is 14.5 Å². The molecule has 0 unspecified atom stereocenters. The molecule has 2 aromatic heterocycles. The van der Waals surface area contributed by atoms with Gasteiger partial charge in [-0.15, -0.1) is 0 Å². The van der Waals surface area contributed by atoms with Crippen molar-refractivity contribution in [3.8, 4) is 0 Å². The lowest BCUT2D eigenvalue weighted by Gasteiger charge is -2.33. The van der Waals surface area contributed by atoms with Crippen molar-refractivity contribution in [1.82, 2.24) is 14.8 Å². The number of nitrogens with zero attached hydrogens (tertiary/aromatic N) is 4. The van der Waals surface area contributed by atoms with Crippen molar-refractivity contribution < 1.29 is 14.0 Å². The molecule has 0 bridgehead atoms. The zero-order chi connectivity index (χ0) is 25.4. The summed E-state index contributed by atoms with van der Waals surface area (Å²) in [6.45, 7) is 5.53. The number of anilines is 3. The van der Waals surface area contributed by atoms with Crippen molar-refractivity contribution >= 4 is 39.9 Å². The highest BCUT2D eigenvalue weighted by molar-refractivity contribution is 6.05. The van der Waals surface area contributed by atoms with E-state index in [-0.39, 0.29) is 18.4 Å². The first-order chi connectivity index (χ1) is 18.1. The molecule has 1 saturated heterocycles. The van der Waals surface area contributed by atoms with Crippen molar-refractivity contribution in [2.75, 3.05) is 49.5 Å². The fourth-order valence-corrected chi connectivity index (χ4v) is 5.24. The second-order valence-corrected chi connectivity index (χ2v) is 9.64. The van der Waals surface area contributed by atoms with Crippen LogP contribution in [0.1, 0.15) is 21.7 Å². The average molecular weight is 496 g/mol. The molecule has 6 rings (SSSR count). The first kappa shape index (κ1) is 23.2. The molecule has 0 aliphatic carbocycles. The van der Waals surface area contributed by atoms with E-state index in [0.717, 1.165) is 52.2 Å². The summed E-state index contributed by atoms with van der Waals surface area (Å²) >= 11 is 0. The summed E-state index contributed by atoms with van der Waals surface area (Å²) in [5.74, 6) is 1.10. The predicted molar refractivity (Wildman–Crippen MR) is 143 cm³/mol. The van der Waals surface area contributed by atoms with Crippen LogP contribution in [-0.4, -0.2) is 65.9 Å². The minimum absolute atomic E-state index is 0.0563. The van der Waals surface area contributed by atoms with Crippen LogP contribution in [0.5, 0.6) is 0 Å². The zero-order valence-electron chi connectivity index (χ0n) is 20.8. The van der Waals surface area contributed by atoms with Gasteiger partial charge < -0.3 is 19.5 Å². The van der Waals surface area contributed by atoms with E-state index in [0.29, 0.717) is 31.9 Å². The van der Waals surface area contributed by atoms with Gasteiger partial charge in [0.2, 0.25) is 5.91 Å². The van der Waals surface area contributed by atoms with Crippen molar-refractivity contribution in [3.05, 3.63) is 83.8 Å². The maximum Gasteiger partial charge on any atom is 0.289 e. The summed E-state index contributed by atoms with van der Waals surface area (Å²) in [4.78, 5) is 36.9. The van der Waals surface area contributed by atoms with Crippen molar-refractivity contribution in [3.63, 3.8) is 0 Å². The van der Waals surface area contributed by atoms with E-state index in [9.17, 15) is 9.59 Å². The maximum atomic E-state index is 13.3. The third-order valence-electron chi connectivity index (χ3n) is 7.15. The van der Waals surface area contributed by atoms with Gasteiger partial charge in [-0.1, -0.05) is 30.3 Å². The van der Waals surface area contributed by atoms with E-state index in [1.807, 2.05) is 18.2 Å². The zero-order valence-corrected chi connectivity index (χ0v) is 20.8. The third kappa shape index (κ3) is 4.56. The molecule has 2 aliphatic heterocycles. The first-order valence-corrected chi connectivity index (χ1v) is 12.7. The van der Waals surface area contributed by atoms with Crippen molar-refractivity contribution in [1.29, 1.82) is 0 Å². The van der Waals surface area contributed by atoms with E-state index in [2.05, 4.69) is 52.4 Å². The van der Waals surface area contributed by atoms with Crippen LogP contribution in [0.4, 0.5) is 17.2 Å². The number of hydrogen-bond acceptors (Lipinski definition) is 6. The van der Waals surface area contributed by atoms with Crippen molar-refractivity contribution in [2.24, 2.45) is 0 Å². The number of para-hydroxylation sites is 1. The number of aryl methyl sites for hydroxylation is 1. The smallest absolute Gasteiger partial charge is 0.289 e. The molecule has 188 valence electrons.